The van der Waals surface area contributed by atoms with Crippen LogP contribution in [-0.2, 0) is 16.2 Å². The van der Waals surface area contributed by atoms with Gasteiger partial charge in [0.1, 0.15) is 13.2 Å². The molecule has 0 unspecified atom stereocenters. The number of carbonyl (C=O) groups excluding carboxylic acids is 3. The van der Waals surface area contributed by atoms with Crippen LogP contribution in [0, 0.1) is 6.92 Å². The Morgan fingerprint density at radius 3 is 2.54 bits per heavy atom. The van der Waals surface area contributed by atoms with E-state index < -0.39 is 11.1 Å². The first-order valence-electron chi connectivity index (χ1n) is 12.5. The summed E-state index contributed by atoms with van der Waals surface area (Å²) in [5, 5.41) is -0.117. The summed E-state index contributed by atoms with van der Waals surface area (Å²) in [6.45, 7) is 5.70. The van der Waals surface area contributed by atoms with Crippen LogP contribution in [0.3, 0.4) is 0 Å². The summed E-state index contributed by atoms with van der Waals surface area (Å²) in [4.78, 5) is 41.4. The molecule has 7 nitrogen and oxygen atoms in total. The number of benzene rings is 2. The SMILES string of the molecule is CCOc1cc(C=C2SC(=O)N(CC(=O)N3CCCCCC3)C2=O)cc(Cl)c1OCc1cccc(C)c1. The van der Waals surface area contributed by atoms with Crippen molar-refractivity contribution < 1.29 is 23.9 Å². The van der Waals surface area contributed by atoms with E-state index in [9.17, 15) is 14.4 Å². The zero-order chi connectivity index (χ0) is 26.4. The Morgan fingerprint density at radius 2 is 1.84 bits per heavy atom. The lowest BCUT2D eigenvalue weighted by molar-refractivity contribution is -0.135. The Labute approximate surface area is 226 Å². The first kappa shape index (κ1) is 27.1. The third-order valence-corrected chi connectivity index (χ3v) is 7.41. The van der Waals surface area contributed by atoms with Crippen LogP contribution >= 0.6 is 23.4 Å². The van der Waals surface area contributed by atoms with Gasteiger partial charge >= 0.3 is 0 Å². The van der Waals surface area contributed by atoms with Crippen molar-refractivity contribution in [3.05, 3.63) is 63.0 Å². The predicted molar refractivity (Wildman–Crippen MR) is 146 cm³/mol. The number of amides is 3. The van der Waals surface area contributed by atoms with E-state index in [1.165, 1.54) is 0 Å². The molecule has 3 amide bonds. The second-order valence-corrected chi connectivity index (χ2v) is 10.5. The lowest BCUT2D eigenvalue weighted by atomic mass is 10.1. The summed E-state index contributed by atoms with van der Waals surface area (Å²) in [7, 11) is 0. The predicted octanol–water partition coefficient (Wildman–Crippen LogP) is 6.07. The van der Waals surface area contributed by atoms with Crippen LogP contribution in [-0.4, -0.2) is 53.1 Å². The molecule has 2 aliphatic rings. The summed E-state index contributed by atoms with van der Waals surface area (Å²) < 4.78 is 11.8. The lowest BCUT2D eigenvalue weighted by Gasteiger charge is -2.22. The van der Waals surface area contributed by atoms with E-state index in [-0.39, 0.29) is 17.4 Å². The van der Waals surface area contributed by atoms with Gasteiger partial charge in [-0.2, -0.15) is 0 Å². The number of nitrogens with zero attached hydrogens (tertiary/aromatic N) is 2. The van der Waals surface area contributed by atoms with Crippen LogP contribution < -0.4 is 9.47 Å². The lowest BCUT2D eigenvalue weighted by Crippen LogP contribution is -2.42. The van der Waals surface area contributed by atoms with Gasteiger partial charge in [0.15, 0.2) is 11.5 Å². The quantitative estimate of drug-likeness (QED) is 0.377. The zero-order valence-electron chi connectivity index (χ0n) is 21.1. The number of hydrogen-bond acceptors (Lipinski definition) is 6. The van der Waals surface area contributed by atoms with Crippen LogP contribution in [0.25, 0.3) is 6.08 Å². The van der Waals surface area contributed by atoms with E-state index in [4.69, 9.17) is 21.1 Å². The van der Waals surface area contributed by atoms with Gasteiger partial charge in [0.25, 0.3) is 11.1 Å². The first-order valence-corrected chi connectivity index (χ1v) is 13.7. The Bertz CT molecular complexity index is 1210. The zero-order valence-corrected chi connectivity index (χ0v) is 22.7. The molecule has 4 rings (SSSR count). The molecule has 2 fully saturated rings. The molecule has 2 aromatic rings. The van der Waals surface area contributed by atoms with Crippen LogP contribution in [0.2, 0.25) is 5.02 Å². The molecule has 196 valence electrons. The topological polar surface area (TPSA) is 76.2 Å². The molecule has 0 aromatic heterocycles. The molecule has 0 saturated carbocycles. The van der Waals surface area contributed by atoms with Crippen molar-refractivity contribution in [2.24, 2.45) is 0 Å². The Balaban J connectivity index is 1.49. The van der Waals surface area contributed by atoms with Gasteiger partial charge < -0.3 is 14.4 Å². The fourth-order valence-electron chi connectivity index (χ4n) is 4.37. The highest BCUT2D eigenvalue weighted by Gasteiger charge is 2.37. The Kier molecular flexibility index (Phi) is 9.16. The normalized spacial score (nSPS) is 17.3. The molecule has 0 radical (unpaired) electrons. The number of ether oxygens (including phenoxy) is 2. The van der Waals surface area contributed by atoms with Crippen LogP contribution in [0.1, 0.15) is 49.3 Å². The monoisotopic (exact) mass is 542 g/mol. The summed E-state index contributed by atoms with van der Waals surface area (Å²) in [5.41, 5.74) is 2.74. The third kappa shape index (κ3) is 6.87. The van der Waals surface area contributed by atoms with Gasteiger partial charge in [-0.25, -0.2) is 0 Å². The van der Waals surface area contributed by atoms with E-state index >= 15 is 0 Å². The van der Waals surface area contributed by atoms with E-state index in [2.05, 4.69) is 0 Å². The first-order chi connectivity index (χ1) is 17.9. The van der Waals surface area contributed by atoms with Crippen LogP contribution in [0.4, 0.5) is 4.79 Å². The van der Waals surface area contributed by atoms with E-state index in [1.54, 1.807) is 23.1 Å². The molecule has 0 aliphatic carbocycles. The van der Waals surface area contributed by atoms with Crippen molar-refractivity contribution in [3.63, 3.8) is 0 Å². The minimum atomic E-state index is -0.480. The third-order valence-electron chi connectivity index (χ3n) is 6.22. The number of carbonyl (C=O) groups is 3. The molecule has 9 heteroatoms. The molecule has 0 bridgehead atoms. The highest BCUT2D eigenvalue weighted by atomic mass is 35.5. The largest absolute Gasteiger partial charge is 0.490 e. The fraction of sp³-hybridized carbons (Fsp3) is 0.393. The molecular weight excluding hydrogens is 512 g/mol. The highest BCUT2D eigenvalue weighted by molar-refractivity contribution is 8.18. The van der Waals surface area contributed by atoms with Crippen molar-refractivity contribution in [1.82, 2.24) is 9.80 Å². The number of imide groups is 1. The van der Waals surface area contributed by atoms with Gasteiger partial charge in [-0.15, -0.1) is 0 Å². The van der Waals surface area contributed by atoms with Gasteiger partial charge in [-0.1, -0.05) is 54.3 Å². The number of aryl methyl sites for hydroxylation is 1. The number of likely N-dealkylation sites (tertiary alicyclic amines) is 1. The van der Waals surface area contributed by atoms with Crippen LogP contribution in [0.15, 0.2) is 41.3 Å². The minimum absolute atomic E-state index is 0.192. The second kappa shape index (κ2) is 12.5. The maximum atomic E-state index is 13.0. The Hall–Kier alpha value is -2.97. The van der Waals surface area contributed by atoms with Crippen molar-refractivity contribution in [2.75, 3.05) is 26.2 Å². The average Bonchev–Trinajstić information content (AvgIpc) is 3.04. The van der Waals surface area contributed by atoms with Crippen molar-refractivity contribution in [2.45, 2.75) is 46.1 Å². The second-order valence-electron chi connectivity index (χ2n) is 9.10. The molecule has 2 heterocycles. The summed E-state index contributed by atoms with van der Waals surface area (Å²) in [6.07, 6.45) is 5.68. The summed E-state index contributed by atoms with van der Waals surface area (Å²) in [5.74, 6) is 0.192. The summed E-state index contributed by atoms with van der Waals surface area (Å²) >= 11 is 7.38. The van der Waals surface area contributed by atoms with Crippen molar-refractivity contribution in [1.29, 1.82) is 0 Å². The van der Waals surface area contributed by atoms with Crippen LogP contribution in [0.5, 0.6) is 11.5 Å². The number of hydrogen-bond donors (Lipinski definition) is 0. The van der Waals surface area contributed by atoms with E-state index in [0.717, 1.165) is 53.5 Å². The number of halogens is 1. The van der Waals surface area contributed by atoms with Gasteiger partial charge in [0.05, 0.1) is 16.5 Å². The fourth-order valence-corrected chi connectivity index (χ4v) is 5.49. The maximum absolute atomic E-state index is 13.0. The standard InChI is InChI=1S/C28H31ClN2O5S/c1-3-35-23-15-21(14-22(29)26(23)36-18-20-10-8-9-19(2)13-20)16-24-27(33)31(28(34)37-24)17-25(32)30-11-6-4-5-7-12-30/h8-10,13-16H,3-7,11-12,17-18H2,1-2H3. The number of thioether (sulfide) groups is 1. The van der Waals surface area contributed by atoms with Crippen molar-refractivity contribution >= 4 is 46.5 Å². The molecule has 2 aliphatic heterocycles. The van der Waals surface area contributed by atoms with Crippen molar-refractivity contribution in [3.8, 4) is 11.5 Å². The van der Waals surface area contributed by atoms with Gasteiger partial charge in [-0.05, 0) is 67.8 Å². The molecule has 0 atom stereocenters. The van der Waals surface area contributed by atoms with E-state index in [0.29, 0.717) is 48.4 Å². The molecule has 2 saturated heterocycles. The highest BCUT2D eigenvalue weighted by Crippen LogP contribution is 2.39. The van der Waals surface area contributed by atoms with Gasteiger partial charge in [0, 0.05) is 13.1 Å². The summed E-state index contributed by atoms with van der Waals surface area (Å²) in [6, 6.07) is 11.4. The molecule has 0 N–H and O–H groups in total. The Morgan fingerprint density at radius 1 is 1.08 bits per heavy atom. The van der Waals surface area contributed by atoms with Gasteiger partial charge in [0.2, 0.25) is 5.91 Å². The van der Waals surface area contributed by atoms with E-state index in [1.807, 2.05) is 38.1 Å². The molecule has 2 aromatic carbocycles. The smallest absolute Gasteiger partial charge is 0.294 e. The average molecular weight is 543 g/mol. The maximum Gasteiger partial charge on any atom is 0.294 e. The molecule has 37 heavy (non-hydrogen) atoms. The van der Waals surface area contributed by atoms with Gasteiger partial charge in [-0.3, -0.25) is 19.3 Å². The number of rotatable bonds is 8. The molecule has 0 spiro atoms. The minimum Gasteiger partial charge on any atom is -0.490 e. The molecular formula is C28H31ClN2O5S.